The van der Waals surface area contributed by atoms with E-state index in [1.54, 1.807) is 6.33 Å². The molecule has 3 aromatic rings. The molecule has 86 valence electrons. The molecule has 0 atom stereocenters. The fourth-order valence-electron chi connectivity index (χ4n) is 1.90. The molecule has 0 aliphatic rings. The van der Waals surface area contributed by atoms with E-state index in [4.69, 9.17) is 0 Å². The second-order valence-corrected chi connectivity index (χ2v) is 5.04. The highest BCUT2D eigenvalue weighted by Crippen LogP contribution is 2.25. The first-order valence-electron chi connectivity index (χ1n) is 5.27. The number of imidazole rings is 2. The molecule has 1 aromatic carbocycles. The largest absolute Gasteiger partial charge is 0.340 e. The van der Waals surface area contributed by atoms with Gasteiger partial charge in [-0.3, -0.25) is 0 Å². The van der Waals surface area contributed by atoms with Gasteiger partial charge in [0.25, 0.3) is 0 Å². The molecule has 0 saturated carbocycles. The van der Waals surface area contributed by atoms with Crippen LogP contribution in [0.25, 0.3) is 22.6 Å². The molecule has 0 fully saturated rings. The Morgan fingerprint density at radius 2 is 2.18 bits per heavy atom. The van der Waals surface area contributed by atoms with Crippen LogP contribution in [-0.4, -0.2) is 19.5 Å². The third-order valence-electron chi connectivity index (χ3n) is 2.69. The number of rotatable bonds is 1. The predicted molar refractivity (Wildman–Crippen MR) is 70.7 cm³/mol. The molecule has 2 heterocycles. The van der Waals surface area contributed by atoms with Crippen molar-refractivity contribution in [2.75, 3.05) is 0 Å². The van der Waals surface area contributed by atoms with Gasteiger partial charge in [-0.25, -0.2) is 9.97 Å². The molecule has 0 amide bonds. The molecule has 4 nitrogen and oxygen atoms in total. The average molecular weight is 291 g/mol. The van der Waals surface area contributed by atoms with Gasteiger partial charge in [0, 0.05) is 17.7 Å². The van der Waals surface area contributed by atoms with Crippen molar-refractivity contribution in [3.63, 3.8) is 0 Å². The molecule has 0 spiro atoms. The Bertz CT molecular complexity index is 696. The molecule has 2 aromatic heterocycles. The van der Waals surface area contributed by atoms with Gasteiger partial charge in [-0.05, 0) is 24.6 Å². The molecule has 0 bridgehead atoms. The zero-order valence-electron chi connectivity index (χ0n) is 9.53. The quantitative estimate of drug-likeness (QED) is 0.749. The summed E-state index contributed by atoms with van der Waals surface area (Å²) in [6.45, 7) is 2.05. The van der Waals surface area contributed by atoms with E-state index in [0.717, 1.165) is 32.6 Å². The van der Waals surface area contributed by atoms with Crippen LogP contribution in [0.4, 0.5) is 0 Å². The van der Waals surface area contributed by atoms with Crippen LogP contribution < -0.4 is 0 Å². The van der Waals surface area contributed by atoms with Gasteiger partial charge in [-0.1, -0.05) is 15.9 Å². The van der Waals surface area contributed by atoms with Gasteiger partial charge in [0.2, 0.25) is 0 Å². The average Bonchev–Trinajstić information content (AvgIpc) is 2.83. The van der Waals surface area contributed by atoms with Crippen LogP contribution in [0.2, 0.25) is 0 Å². The maximum Gasteiger partial charge on any atom is 0.158 e. The zero-order chi connectivity index (χ0) is 12.0. The summed E-state index contributed by atoms with van der Waals surface area (Å²) < 4.78 is 2.96. The Morgan fingerprint density at radius 3 is 2.88 bits per heavy atom. The molecular formula is C12H11BrN4. The number of nitrogens with one attached hydrogen (secondary N) is 1. The van der Waals surface area contributed by atoms with E-state index in [0.29, 0.717) is 0 Å². The van der Waals surface area contributed by atoms with E-state index < -0.39 is 0 Å². The minimum atomic E-state index is 0.807. The van der Waals surface area contributed by atoms with Crippen molar-refractivity contribution in [2.24, 2.45) is 7.05 Å². The molecular weight excluding hydrogens is 280 g/mol. The molecule has 3 rings (SSSR count). The Hall–Kier alpha value is -1.62. The van der Waals surface area contributed by atoms with Crippen LogP contribution >= 0.6 is 15.9 Å². The Kier molecular flexibility index (Phi) is 2.29. The van der Waals surface area contributed by atoms with E-state index in [9.17, 15) is 0 Å². The number of nitrogens with zero attached hydrogens (tertiary/aromatic N) is 3. The number of hydrogen-bond donors (Lipinski definition) is 1. The molecule has 17 heavy (non-hydrogen) atoms. The van der Waals surface area contributed by atoms with Gasteiger partial charge in [0.1, 0.15) is 5.69 Å². The Labute approximate surface area is 107 Å². The number of halogens is 1. The smallest absolute Gasteiger partial charge is 0.158 e. The third kappa shape index (κ3) is 1.76. The van der Waals surface area contributed by atoms with Crippen LogP contribution in [0.1, 0.15) is 5.56 Å². The van der Waals surface area contributed by atoms with Gasteiger partial charge >= 0.3 is 0 Å². The maximum absolute atomic E-state index is 4.58. The van der Waals surface area contributed by atoms with Gasteiger partial charge in [0.15, 0.2) is 5.82 Å². The van der Waals surface area contributed by atoms with E-state index in [1.807, 2.05) is 23.9 Å². The topological polar surface area (TPSA) is 46.5 Å². The van der Waals surface area contributed by atoms with Crippen molar-refractivity contribution in [2.45, 2.75) is 6.92 Å². The SMILES string of the molecule is Cc1cc(Br)cc2[nH]c(-c3cn(C)cn3)nc12. The number of aryl methyl sites for hydroxylation is 2. The lowest BCUT2D eigenvalue weighted by atomic mass is 10.2. The highest BCUT2D eigenvalue weighted by molar-refractivity contribution is 9.10. The molecule has 0 aliphatic heterocycles. The molecule has 0 aliphatic carbocycles. The first-order chi connectivity index (χ1) is 8.13. The lowest BCUT2D eigenvalue weighted by molar-refractivity contribution is 0.913. The van der Waals surface area contributed by atoms with Crippen molar-refractivity contribution in [3.05, 3.63) is 34.7 Å². The summed E-state index contributed by atoms with van der Waals surface area (Å²) in [5.41, 5.74) is 4.03. The van der Waals surface area contributed by atoms with Crippen LogP contribution in [-0.2, 0) is 7.05 Å². The lowest BCUT2D eigenvalue weighted by Gasteiger charge is -1.94. The second kappa shape index (κ2) is 3.70. The monoisotopic (exact) mass is 290 g/mol. The van der Waals surface area contributed by atoms with E-state index in [2.05, 4.69) is 43.9 Å². The normalized spacial score (nSPS) is 11.2. The Balaban J connectivity index is 2.23. The summed E-state index contributed by atoms with van der Waals surface area (Å²) >= 11 is 3.49. The lowest BCUT2D eigenvalue weighted by Crippen LogP contribution is -1.80. The van der Waals surface area contributed by atoms with Gasteiger partial charge in [0.05, 0.1) is 17.4 Å². The van der Waals surface area contributed by atoms with Crippen molar-refractivity contribution in [1.82, 2.24) is 19.5 Å². The Morgan fingerprint density at radius 1 is 1.35 bits per heavy atom. The number of aromatic nitrogens is 4. The summed E-state index contributed by atoms with van der Waals surface area (Å²) in [4.78, 5) is 12.2. The summed E-state index contributed by atoms with van der Waals surface area (Å²) in [7, 11) is 1.95. The zero-order valence-corrected chi connectivity index (χ0v) is 11.1. The molecule has 0 radical (unpaired) electrons. The summed E-state index contributed by atoms with van der Waals surface area (Å²) in [5, 5.41) is 0. The van der Waals surface area contributed by atoms with E-state index in [1.165, 1.54) is 0 Å². The molecule has 1 N–H and O–H groups in total. The van der Waals surface area contributed by atoms with Crippen molar-refractivity contribution in [1.29, 1.82) is 0 Å². The third-order valence-corrected chi connectivity index (χ3v) is 3.15. The maximum atomic E-state index is 4.58. The van der Waals surface area contributed by atoms with Crippen molar-refractivity contribution in [3.8, 4) is 11.5 Å². The highest BCUT2D eigenvalue weighted by atomic mass is 79.9. The van der Waals surface area contributed by atoms with Crippen LogP contribution in [0.3, 0.4) is 0 Å². The van der Waals surface area contributed by atoms with Gasteiger partial charge < -0.3 is 9.55 Å². The fourth-order valence-corrected chi connectivity index (χ4v) is 2.48. The van der Waals surface area contributed by atoms with Gasteiger partial charge in [-0.2, -0.15) is 0 Å². The summed E-state index contributed by atoms with van der Waals surface area (Å²) in [6, 6.07) is 4.09. The van der Waals surface area contributed by atoms with E-state index >= 15 is 0 Å². The van der Waals surface area contributed by atoms with Crippen LogP contribution in [0.15, 0.2) is 29.1 Å². The molecule has 5 heteroatoms. The standard InChI is InChI=1S/C12H11BrN4/c1-7-3-8(13)4-9-11(7)16-12(15-9)10-5-17(2)6-14-10/h3-6H,1-2H3,(H,15,16). The first kappa shape index (κ1) is 10.5. The van der Waals surface area contributed by atoms with Crippen LogP contribution in [0, 0.1) is 6.92 Å². The minimum absolute atomic E-state index is 0.807. The number of H-pyrrole nitrogens is 1. The number of aromatic amines is 1. The summed E-state index contributed by atoms with van der Waals surface area (Å²) in [6.07, 6.45) is 3.72. The first-order valence-corrected chi connectivity index (χ1v) is 6.07. The minimum Gasteiger partial charge on any atom is -0.340 e. The molecule has 0 saturated heterocycles. The second-order valence-electron chi connectivity index (χ2n) is 4.13. The fraction of sp³-hybridized carbons (Fsp3) is 0.167. The van der Waals surface area contributed by atoms with E-state index in [-0.39, 0.29) is 0 Å². The summed E-state index contributed by atoms with van der Waals surface area (Å²) in [5.74, 6) is 0.807. The predicted octanol–water partition coefficient (Wildman–Crippen LogP) is 3.03. The van der Waals surface area contributed by atoms with Gasteiger partial charge in [-0.15, -0.1) is 0 Å². The molecule has 0 unspecified atom stereocenters. The number of fused-ring (bicyclic) bond motifs is 1. The number of hydrogen-bond acceptors (Lipinski definition) is 2. The van der Waals surface area contributed by atoms with Crippen molar-refractivity contribution >= 4 is 27.0 Å². The number of benzene rings is 1. The van der Waals surface area contributed by atoms with Crippen LogP contribution in [0.5, 0.6) is 0 Å². The highest BCUT2D eigenvalue weighted by Gasteiger charge is 2.09. The van der Waals surface area contributed by atoms with Crippen molar-refractivity contribution < 1.29 is 0 Å².